The summed E-state index contributed by atoms with van der Waals surface area (Å²) >= 11 is 0. The van der Waals surface area contributed by atoms with Gasteiger partial charge in [-0.2, -0.15) is 0 Å². The number of hydrogen-bond acceptors (Lipinski definition) is 21. The van der Waals surface area contributed by atoms with Crippen molar-refractivity contribution in [2.45, 2.75) is 551 Å². The van der Waals surface area contributed by atoms with Crippen LogP contribution in [0.1, 0.15) is 465 Å². The monoisotopic (exact) mass is 1800 g/mol. The summed E-state index contributed by atoms with van der Waals surface area (Å²) in [6, 6.07) is -3.66. The van der Waals surface area contributed by atoms with E-state index in [9.17, 15) is 63.4 Å². The molecule has 0 aliphatic carbocycles. The van der Waals surface area contributed by atoms with Crippen LogP contribution < -0.4 is 10.6 Å². The van der Waals surface area contributed by atoms with Gasteiger partial charge in [-0.1, -0.05) is 375 Å². The first-order valence-corrected chi connectivity index (χ1v) is 53.5. The Kier molecular flexibility index (Phi) is 71.1. The molecule has 2 saturated heterocycles. The quantitative estimate of drug-likeness (QED) is 0.0118. The Morgan fingerprint density at radius 1 is 0.350 bits per heavy atom. The molecular weight excluding hydrogens is 1610 g/mol. The average Bonchev–Trinajstić information content (AvgIpc) is 0.778. The number of ether oxygens (including phenoxy) is 7. The molecule has 0 radical (unpaired) electrons. The predicted molar refractivity (Wildman–Crippen MR) is 484 cm³/mol. The van der Waals surface area contributed by atoms with E-state index < -0.39 is 176 Å². The van der Waals surface area contributed by atoms with Gasteiger partial charge >= 0.3 is 39.3 Å². The van der Waals surface area contributed by atoms with Crippen molar-refractivity contribution >= 4 is 51.1 Å². The largest absolute Gasteiger partial charge is 0.470 e. The van der Waals surface area contributed by atoms with E-state index in [1.165, 1.54) is 70.6 Å². The lowest BCUT2D eigenvalue weighted by molar-refractivity contribution is -0.296. The number of phosphoric ester groups is 1. The van der Waals surface area contributed by atoms with Gasteiger partial charge in [-0.15, -0.1) is 0 Å². The standard InChI is InChI=1S/C95H180N2O24P2/c1-8-14-20-26-32-38-39-45-51-57-63-69-85(104)115-79(67-61-55-49-43-36-30-24-18-12-5)73-87(106)119-93-89(97-83(102)72-78(66-60-54-48-42-35-29-23-17-11-4)114-84(103)68-62-56-50-44-37-31-25-19-13-6)94(116-80(74-98)91(93)120-123(110,111)112)113-75-81-90(107)92(118-86(105)71-77(100)65-59-53-47-41-34-28-22-16-10-3)88(95(117-81)121-122(7,108)109)96-82(101)70-76(99)64-58-52-46-40-33-27-21-15-9-2/h76-81,88-95,98-100,107H,8-75H2,1-7H3,(H,96,101)(H,97,102)(H,108,109)(H2,110,111,112)/t76?,77?,78?,79?,80?,81?,88?,89?,90-,91-,92-,93-,94-,95-/m1/s1. The van der Waals surface area contributed by atoms with Crippen LogP contribution in [0.3, 0.4) is 0 Å². The molecule has 0 aromatic rings. The minimum Gasteiger partial charge on any atom is -0.462 e. The molecule has 0 saturated carbocycles. The van der Waals surface area contributed by atoms with Gasteiger partial charge in [0.15, 0.2) is 24.8 Å². The van der Waals surface area contributed by atoms with E-state index in [-0.39, 0.29) is 38.5 Å². The van der Waals surface area contributed by atoms with Gasteiger partial charge in [0.05, 0.1) is 51.1 Å². The summed E-state index contributed by atoms with van der Waals surface area (Å²) in [7, 11) is -10.3. The molecule has 2 rings (SSSR count). The highest BCUT2D eigenvalue weighted by atomic mass is 31.2. The molecule has 724 valence electrons. The Hall–Kier alpha value is -3.20. The zero-order valence-electron chi connectivity index (χ0n) is 78.1. The molecule has 2 fully saturated rings. The van der Waals surface area contributed by atoms with E-state index in [0.717, 1.165) is 257 Å². The molecule has 0 bridgehead atoms. The normalized spacial score (nSPS) is 20.8. The molecule has 0 spiro atoms. The molecule has 2 heterocycles. The number of aliphatic hydroxyl groups excluding tert-OH is 4. The molecule has 15 atom stereocenters. The van der Waals surface area contributed by atoms with Gasteiger partial charge in [-0.25, -0.2) is 4.57 Å². The minimum atomic E-state index is -5.67. The highest BCUT2D eigenvalue weighted by Gasteiger charge is 2.55. The van der Waals surface area contributed by atoms with Crippen LogP contribution in [0.2, 0.25) is 0 Å². The second kappa shape index (κ2) is 75.5. The number of hydrogen-bond donors (Lipinski definition) is 9. The van der Waals surface area contributed by atoms with Crippen LogP contribution in [-0.4, -0.2) is 176 Å². The number of amides is 2. The van der Waals surface area contributed by atoms with Crippen molar-refractivity contribution in [1.29, 1.82) is 0 Å². The van der Waals surface area contributed by atoms with Crippen LogP contribution >= 0.6 is 15.4 Å². The lowest BCUT2D eigenvalue weighted by Crippen LogP contribution is -2.68. The summed E-state index contributed by atoms with van der Waals surface area (Å²) in [6.07, 6.45) is 35.8. The molecule has 2 aliphatic heterocycles. The Bertz CT molecular complexity index is 2710. The molecule has 2 aliphatic rings. The van der Waals surface area contributed by atoms with Gasteiger partial charge in [0.1, 0.15) is 48.7 Å². The molecular formula is C95H180N2O24P2. The third kappa shape index (κ3) is 61.9. The van der Waals surface area contributed by atoms with Gasteiger partial charge in [-0.3, -0.25) is 42.4 Å². The van der Waals surface area contributed by atoms with Crippen LogP contribution in [0.25, 0.3) is 0 Å². The molecule has 2 amide bonds. The minimum absolute atomic E-state index is 0.0904. The van der Waals surface area contributed by atoms with E-state index in [4.69, 9.17) is 42.2 Å². The molecule has 26 nitrogen and oxygen atoms in total. The van der Waals surface area contributed by atoms with Crippen molar-refractivity contribution in [3.8, 4) is 0 Å². The van der Waals surface area contributed by atoms with E-state index in [2.05, 4.69) is 52.2 Å². The highest BCUT2D eigenvalue weighted by Crippen LogP contribution is 2.44. The number of carbonyl (C=O) groups is 6. The van der Waals surface area contributed by atoms with Crippen LogP contribution in [0.4, 0.5) is 0 Å². The van der Waals surface area contributed by atoms with E-state index >= 15 is 9.59 Å². The van der Waals surface area contributed by atoms with Crippen LogP contribution in [0.15, 0.2) is 0 Å². The number of unbranched alkanes of at least 4 members (excludes halogenated alkanes) is 50. The summed E-state index contributed by atoms with van der Waals surface area (Å²) in [4.78, 5) is 119. The number of rotatable bonds is 84. The van der Waals surface area contributed by atoms with Crippen molar-refractivity contribution in [2.75, 3.05) is 19.9 Å². The van der Waals surface area contributed by atoms with Gasteiger partial charge in [-0.05, 0) is 51.4 Å². The number of nitrogens with one attached hydrogen (secondary N) is 2. The van der Waals surface area contributed by atoms with Gasteiger partial charge in [0, 0.05) is 19.5 Å². The lowest BCUT2D eigenvalue weighted by Gasteiger charge is -2.47. The molecule has 123 heavy (non-hydrogen) atoms. The number of esters is 4. The number of phosphoric acid groups is 1. The average molecular weight is 1800 g/mol. The van der Waals surface area contributed by atoms with E-state index in [1.807, 2.05) is 0 Å². The zero-order chi connectivity index (χ0) is 90.4. The van der Waals surface area contributed by atoms with Crippen LogP contribution in [-0.2, 0) is 80.1 Å². The first-order chi connectivity index (χ1) is 59.3. The first kappa shape index (κ1) is 116. The fourth-order valence-corrected chi connectivity index (χ4v) is 17.8. The second-order valence-electron chi connectivity index (χ2n) is 35.8. The molecule has 9 N–H and O–H groups in total. The fourth-order valence-electron chi connectivity index (χ4n) is 16.6. The van der Waals surface area contributed by atoms with Crippen LogP contribution in [0, 0.1) is 0 Å². The number of carbonyl (C=O) groups excluding carboxylic acids is 6. The molecule has 0 aromatic carbocycles. The third-order valence-electron chi connectivity index (χ3n) is 23.9. The van der Waals surface area contributed by atoms with E-state index in [1.54, 1.807) is 0 Å². The Labute approximate surface area is 744 Å². The molecule has 28 heteroatoms. The van der Waals surface area contributed by atoms with Crippen molar-refractivity contribution < 1.29 is 115 Å². The summed E-state index contributed by atoms with van der Waals surface area (Å²) in [6.45, 7) is 11.9. The molecule has 9 unspecified atom stereocenters. The first-order valence-electron chi connectivity index (χ1n) is 50.0. The summed E-state index contributed by atoms with van der Waals surface area (Å²) in [5.74, 6) is -4.82. The molecule has 0 aromatic heterocycles. The van der Waals surface area contributed by atoms with Crippen LogP contribution in [0.5, 0.6) is 0 Å². The van der Waals surface area contributed by atoms with Crippen molar-refractivity contribution in [3.63, 3.8) is 0 Å². The summed E-state index contributed by atoms with van der Waals surface area (Å²) in [5, 5.41) is 51.8. The predicted octanol–water partition coefficient (Wildman–Crippen LogP) is 21.3. The summed E-state index contributed by atoms with van der Waals surface area (Å²) in [5.41, 5.74) is 0. The highest BCUT2D eigenvalue weighted by molar-refractivity contribution is 7.51. The maximum atomic E-state index is 15.2. The SMILES string of the molecule is CCCCCCCCCCCCCC(=O)OC(CCCCCCCCCCC)CC(=O)O[C@@H]1C(NC(=O)CC(CCCCCCCCCCC)OC(=O)CCCCCCCCCCC)[C@H](OCC2O[C@H](OP(C)(=O)O)C(NC(=O)CC(O)CCCCCCCCCCC)[C@@H](OC(=O)CC(O)CCCCCCCCCCC)[C@@H]2O)OC(CO)[C@H]1OP(=O)(O)O. The van der Waals surface area contributed by atoms with Crippen molar-refractivity contribution in [1.82, 2.24) is 10.6 Å². The maximum Gasteiger partial charge on any atom is 0.470 e. The maximum absolute atomic E-state index is 15.2. The van der Waals surface area contributed by atoms with Crippen molar-refractivity contribution in [3.05, 3.63) is 0 Å². The Morgan fingerprint density at radius 2 is 0.650 bits per heavy atom. The number of aliphatic hydroxyl groups is 4. The van der Waals surface area contributed by atoms with E-state index in [0.29, 0.717) is 38.5 Å². The van der Waals surface area contributed by atoms with Gasteiger partial charge < -0.3 is 78.9 Å². The Balaban J connectivity index is 2.84. The second-order valence-corrected chi connectivity index (χ2v) is 38.8. The topological polar surface area (TPSA) is 385 Å². The summed E-state index contributed by atoms with van der Waals surface area (Å²) < 4.78 is 81.5. The van der Waals surface area contributed by atoms with Gasteiger partial charge in [0.2, 0.25) is 11.8 Å². The smallest absolute Gasteiger partial charge is 0.462 e. The fraction of sp³-hybridized carbons (Fsp3) is 0.937. The zero-order valence-corrected chi connectivity index (χ0v) is 79.9. The van der Waals surface area contributed by atoms with Gasteiger partial charge in [0.25, 0.3) is 0 Å². The third-order valence-corrected chi connectivity index (χ3v) is 25.0. The lowest BCUT2D eigenvalue weighted by atomic mass is 9.95. The Morgan fingerprint density at radius 3 is 1.01 bits per heavy atom. The van der Waals surface area contributed by atoms with Crippen molar-refractivity contribution in [2.24, 2.45) is 0 Å².